The average molecular weight is 262 g/mol. The molecule has 3 rings (SSSR count). The lowest BCUT2D eigenvalue weighted by molar-refractivity contribution is -0.0224. The molecule has 3 heteroatoms. The van der Waals surface area contributed by atoms with E-state index in [1.807, 2.05) is 6.07 Å². The van der Waals surface area contributed by atoms with Crippen LogP contribution in [0.15, 0.2) is 18.2 Å². The highest BCUT2D eigenvalue weighted by molar-refractivity contribution is 5.44. The van der Waals surface area contributed by atoms with Gasteiger partial charge in [0.2, 0.25) is 0 Å². The van der Waals surface area contributed by atoms with Crippen molar-refractivity contribution in [1.29, 1.82) is 0 Å². The number of hydrogen-bond donors (Lipinski definition) is 0. The van der Waals surface area contributed by atoms with Crippen molar-refractivity contribution in [3.8, 4) is 11.5 Å². The van der Waals surface area contributed by atoms with E-state index in [0.29, 0.717) is 19.3 Å². The van der Waals surface area contributed by atoms with Gasteiger partial charge in [0.15, 0.2) is 11.5 Å². The van der Waals surface area contributed by atoms with Crippen LogP contribution in [0, 0.1) is 0 Å². The monoisotopic (exact) mass is 262 g/mol. The van der Waals surface area contributed by atoms with E-state index in [2.05, 4.69) is 19.1 Å². The fraction of sp³-hybridized carbons (Fsp3) is 0.625. The Morgan fingerprint density at radius 2 is 1.79 bits per heavy atom. The van der Waals surface area contributed by atoms with Crippen molar-refractivity contribution >= 4 is 0 Å². The highest BCUT2D eigenvalue weighted by atomic mass is 16.6. The molecule has 1 aromatic rings. The second kappa shape index (κ2) is 5.83. The SMILES string of the molecule is CC(OC1CCCCC1)c1ccc2c(c1)OCCO2. The van der Waals surface area contributed by atoms with Crippen molar-refractivity contribution in [3.63, 3.8) is 0 Å². The smallest absolute Gasteiger partial charge is 0.161 e. The molecule has 19 heavy (non-hydrogen) atoms. The first-order valence-corrected chi connectivity index (χ1v) is 7.38. The van der Waals surface area contributed by atoms with E-state index in [4.69, 9.17) is 14.2 Å². The van der Waals surface area contributed by atoms with Gasteiger partial charge in [-0.1, -0.05) is 25.3 Å². The van der Waals surface area contributed by atoms with Gasteiger partial charge in [0.05, 0.1) is 12.2 Å². The Labute approximate surface area is 114 Å². The molecule has 0 spiro atoms. The molecule has 1 aliphatic heterocycles. The Hall–Kier alpha value is -1.22. The molecule has 1 atom stereocenters. The van der Waals surface area contributed by atoms with Crippen molar-refractivity contribution in [3.05, 3.63) is 23.8 Å². The van der Waals surface area contributed by atoms with E-state index < -0.39 is 0 Å². The van der Waals surface area contributed by atoms with E-state index in [1.165, 1.54) is 37.7 Å². The minimum absolute atomic E-state index is 0.124. The molecule has 0 amide bonds. The van der Waals surface area contributed by atoms with Crippen LogP contribution in [-0.4, -0.2) is 19.3 Å². The summed E-state index contributed by atoms with van der Waals surface area (Å²) in [4.78, 5) is 0. The Morgan fingerprint density at radius 3 is 2.58 bits per heavy atom. The Kier molecular flexibility index (Phi) is 3.92. The maximum atomic E-state index is 6.17. The normalized spacial score (nSPS) is 21.1. The second-order valence-electron chi connectivity index (χ2n) is 5.44. The van der Waals surface area contributed by atoms with Crippen molar-refractivity contribution in [1.82, 2.24) is 0 Å². The second-order valence-corrected chi connectivity index (χ2v) is 5.44. The lowest BCUT2D eigenvalue weighted by atomic mass is 9.97. The molecule has 0 N–H and O–H groups in total. The van der Waals surface area contributed by atoms with Gasteiger partial charge in [-0.2, -0.15) is 0 Å². The van der Waals surface area contributed by atoms with Crippen LogP contribution < -0.4 is 9.47 Å². The molecule has 1 aromatic carbocycles. The van der Waals surface area contributed by atoms with E-state index in [-0.39, 0.29) is 6.10 Å². The molecule has 1 unspecified atom stereocenters. The third-order valence-corrected chi connectivity index (χ3v) is 3.98. The van der Waals surface area contributed by atoms with E-state index in [9.17, 15) is 0 Å². The molecule has 1 aliphatic carbocycles. The van der Waals surface area contributed by atoms with Gasteiger partial charge in [0.1, 0.15) is 13.2 Å². The first-order valence-electron chi connectivity index (χ1n) is 7.38. The van der Waals surface area contributed by atoms with Gasteiger partial charge in [-0.15, -0.1) is 0 Å². The van der Waals surface area contributed by atoms with Crippen molar-refractivity contribution < 1.29 is 14.2 Å². The third kappa shape index (κ3) is 3.03. The van der Waals surface area contributed by atoms with Gasteiger partial charge in [-0.25, -0.2) is 0 Å². The van der Waals surface area contributed by atoms with Crippen LogP contribution in [0.5, 0.6) is 11.5 Å². The number of benzene rings is 1. The molecule has 0 aromatic heterocycles. The maximum Gasteiger partial charge on any atom is 0.161 e. The summed E-state index contributed by atoms with van der Waals surface area (Å²) in [6.45, 7) is 3.40. The molecule has 1 fully saturated rings. The largest absolute Gasteiger partial charge is 0.486 e. The van der Waals surface area contributed by atoms with Crippen LogP contribution in [0.25, 0.3) is 0 Å². The standard InChI is InChI=1S/C16H22O3/c1-12(19-14-5-3-2-4-6-14)13-7-8-15-16(11-13)18-10-9-17-15/h7-8,11-12,14H,2-6,9-10H2,1H3. The van der Waals surface area contributed by atoms with E-state index >= 15 is 0 Å². The lowest BCUT2D eigenvalue weighted by Crippen LogP contribution is -2.19. The van der Waals surface area contributed by atoms with Crippen molar-refractivity contribution in [2.45, 2.75) is 51.2 Å². The predicted octanol–water partition coefficient (Wildman–Crippen LogP) is 3.87. The zero-order chi connectivity index (χ0) is 13.1. The average Bonchev–Trinajstić information content (AvgIpc) is 2.48. The minimum atomic E-state index is 0.124. The summed E-state index contributed by atoms with van der Waals surface area (Å²) >= 11 is 0. The number of rotatable bonds is 3. The Morgan fingerprint density at radius 1 is 1.05 bits per heavy atom. The lowest BCUT2D eigenvalue weighted by Gasteiger charge is -2.26. The summed E-state index contributed by atoms with van der Waals surface area (Å²) in [5.41, 5.74) is 1.18. The summed E-state index contributed by atoms with van der Waals surface area (Å²) < 4.78 is 17.3. The van der Waals surface area contributed by atoms with Gasteiger partial charge >= 0.3 is 0 Å². The van der Waals surface area contributed by atoms with E-state index in [0.717, 1.165) is 11.5 Å². The maximum absolute atomic E-state index is 6.17. The molecule has 1 saturated carbocycles. The van der Waals surface area contributed by atoms with E-state index in [1.54, 1.807) is 0 Å². The van der Waals surface area contributed by atoms with Crippen LogP contribution in [-0.2, 0) is 4.74 Å². The first kappa shape index (κ1) is 12.8. The molecular weight excluding hydrogens is 240 g/mol. The van der Waals surface area contributed by atoms with Gasteiger partial charge < -0.3 is 14.2 Å². The van der Waals surface area contributed by atoms with Crippen LogP contribution >= 0.6 is 0 Å². The summed E-state index contributed by atoms with van der Waals surface area (Å²) in [6, 6.07) is 6.13. The van der Waals surface area contributed by atoms with Gasteiger partial charge in [-0.3, -0.25) is 0 Å². The molecule has 104 valence electrons. The van der Waals surface area contributed by atoms with Gasteiger partial charge in [0.25, 0.3) is 0 Å². The topological polar surface area (TPSA) is 27.7 Å². The zero-order valence-electron chi connectivity index (χ0n) is 11.6. The molecule has 0 bridgehead atoms. The highest BCUT2D eigenvalue weighted by Gasteiger charge is 2.19. The molecule has 2 aliphatic rings. The molecule has 3 nitrogen and oxygen atoms in total. The predicted molar refractivity (Wildman–Crippen MR) is 73.8 cm³/mol. The summed E-state index contributed by atoms with van der Waals surface area (Å²) in [7, 11) is 0. The van der Waals surface area contributed by atoms with Gasteiger partial charge in [-0.05, 0) is 37.5 Å². The Bertz CT molecular complexity index is 424. The van der Waals surface area contributed by atoms with Gasteiger partial charge in [0, 0.05) is 0 Å². The summed E-state index contributed by atoms with van der Waals surface area (Å²) in [5, 5.41) is 0. The molecule has 0 radical (unpaired) electrons. The van der Waals surface area contributed by atoms with Crippen LogP contribution in [0.2, 0.25) is 0 Å². The Balaban J connectivity index is 1.67. The van der Waals surface area contributed by atoms with Crippen molar-refractivity contribution in [2.24, 2.45) is 0 Å². The quantitative estimate of drug-likeness (QED) is 0.827. The summed E-state index contributed by atoms with van der Waals surface area (Å²) in [5.74, 6) is 1.70. The van der Waals surface area contributed by atoms with Crippen LogP contribution in [0.3, 0.4) is 0 Å². The number of hydrogen-bond acceptors (Lipinski definition) is 3. The first-order chi connectivity index (χ1) is 9.33. The third-order valence-electron chi connectivity index (χ3n) is 3.98. The summed E-state index contributed by atoms with van der Waals surface area (Å²) in [6.07, 6.45) is 6.93. The molecule has 0 saturated heterocycles. The minimum Gasteiger partial charge on any atom is -0.486 e. The number of fused-ring (bicyclic) bond motifs is 1. The van der Waals surface area contributed by atoms with Crippen molar-refractivity contribution in [2.75, 3.05) is 13.2 Å². The molecule has 1 heterocycles. The molecular formula is C16H22O3. The zero-order valence-corrected chi connectivity index (χ0v) is 11.6. The number of ether oxygens (including phenoxy) is 3. The van der Waals surface area contributed by atoms with Crippen LogP contribution in [0.4, 0.5) is 0 Å². The fourth-order valence-electron chi connectivity index (χ4n) is 2.88. The highest BCUT2D eigenvalue weighted by Crippen LogP contribution is 2.34. The fourth-order valence-corrected chi connectivity index (χ4v) is 2.88. The van der Waals surface area contributed by atoms with Crippen LogP contribution in [0.1, 0.15) is 50.7 Å².